The van der Waals surface area contributed by atoms with Crippen LogP contribution >= 0.6 is 0 Å². The molecule has 3 unspecified atom stereocenters. The molecule has 0 saturated carbocycles. The Labute approximate surface area is 164 Å². The van der Waals surface area contributed by atoms with Gasteiger partial charge in [-0.05, 0) is 30.0 Å². The van der Waals surface area contributed by atoms with Gasteiger partial charge in [-0.3, -0.25) is 19.7 Å². The molecule has 150 valence electrons. The van der Waals surface area contributed by atoms with E-state index in [4.69, 9.17) is 4.74 Å². The molecule has 2 saturated heterocycles. The molecule has 0 bridgehead atoms. The number of piperidine rings is 1. The first-order valence-corrected chi connectivity index (χ1v) is 9.78. The van der Waals surface area contributed by atoms with Crippen LogP contribution in [-0.4, -0.2) is 61.0 Å². The molecule has 3 N–H and O–H groups in total. The summed E-state index contributed by atoms with van der Waals surface area (Å²) in [5, 5.41) is 9.20. The van der Waals surface area contributed by atoms with Crippen LogP contribution in [0.3, 0.4) is 0 Å². The fourth-order valence-corrected chi connectivity index (χ4v) is 4.22. The molecule has 0 spiro atoms. The number of carbonyl (C=O) groups is 3. The van der Waals surface area contributed by atoms with Crippen LogP contribution in [0.4, 0.5) is 0 Å². The number of carbonyl (C=O) groups excluding carboxylic acids is 3. The highest BCUT2D eigenvalue weighted by Gasteiger charge is 2.39. The third-order valence-electron chi connectivity index (χ3n) is 5.83. The lowest BCUT2D eigenvalue weighted by Gasteiger charge is -2.29. The molecule has 28 heavy (non-hydrogen) atoms. The van der Waals surface area contributed by atoms with Gasteiger partial charge in [0.1, 0.15) is 6.04 Å². The van der Waals surface area contributed by atoms with Crippen molar-refractivity contribution in [1.29, 1.82) is 0 Å². The highest BCUT2D eigenvalue weighted by Crippen LogP contribution is 2.28. The average molecular weight is 386 g/mol. The van der Waals surface area contributed by atoms with Gasteiger partial charge in [-0.2, -0.15) is 0 Å². The number of rotatable bonds is 6. The van der Waals surface area contributed by atoms with Crippen LogP contribution in [0.25, 0.3) is 0 Å². The Morgan fingerprint density at radius 3 is 2.89 bits per heavy atom. The first kappa shape index (κ1) is 19.0. The number of imide groups is 1. The number of ether oxygens (including phenoxy) is 1. The van der Waals surface area contributed by atoms with E-state index in [1.54, 1.807) is 12.0 Å². The molecule has 8 heteroatoms. The van der Waals surface area contributed by atoms with E-state index >= 15 is 0 Å². The van der Waals surface area contributed by atoms with Crippen LogP contribution in [0.2, 0.25) is 0 Å². The lowest BCUT2D eigenvalue weighted by molar-refractivity contribution is -0.136. The summed E-state index contributed by atoms with van der Waals surface area (Å²) in [6, 6.07) is 5.72. The minimum absolute atomic E-state index is 0.133. The van der Waals surface area contributed by atoms with Crippen LogP contribution in [0, 0.1) is 0 Å². The van der Waals surface area contributed by atoms with Crippen LogP contribution in [0.5, 0.6) is 0 Å². The Kier molecular flexibility index (Phi) is 5.43. The van der Waals surface area contributed by atoms with Crippen molar-refractivity contribution in [2.24, 2.45) is 0 Å². The molecule has 0 radical (unpaired) electrons. The van der Waals surface area contributed by atoms with Gasteiger partial charge >= 0.3 is 0 Å². The van der Waals surface area contributed by atoms with Crippen molar-refractivity contribution in [1.82, 2.24) is 20.9 Å². The molecule has 2 fully saturated rings. The molecule has 0 aliphatic carbocycles. The fourth-order valence-electron chi connectivity index (χ4n) is 4.22. The fraction of sp³-hybridized carbons (Fsp3) is 0.550. The summed E-state index contributed by atoms with van der Waals surface area (Å²) in [5.74, 6) is -0.781. The third-order valence-corrected chi connectivity index (χ3v) is 5.83. The second-order valence-corrected chi connectivity index (χ2v) is 7.72. The normalized spacial score (nSPS) is 27.2. The first-order valence-electron chi connectivity index (χ1n) is 9.78. The van der Waals surface area contributed by atoms with Gasteiger partial charge in [0.2, 0.25) is 11.8 Å². The summed E-state index contributed by atoms with van der Waals surface area (Å²) < 4.78 is 5.36. The average Bonchev–Trinajstić information content (AvgIpc) is 3.27. The number of nitrogens with zero attached hydrogens (tertiary/aromatic N) is 1. The van der Waals surface area contributed by atoms with Gasteiger partial charge in [0.15, 0.2) is 0 Å². The number of methoxy groups -OCH3 is 1. The second-order valence-electron chi connectivity index (χ2n) is 7.72. The topological polar surface area (TPSA) is 99.8 Å². The number of hydrogen-bond acceptors (Lipinski definition) is 6. The molecule has 1 aromatic rings. The second kappa shape index (κ2) is 7.98. The first-order chi connectivity index (χ1) is 13.5. The minimum atomic E-state index is -0.568. The molecule has 4 rings (SSSR count). The van der Waals surface area contributed by atoms with Gasteiger partial charge in [-0.1, -0.05) is 12.1 Å². The van der Waals surface area contributed by atoms with E-state index in [-0.39, 0.29) is 30.2 Å². The minimum Gasteiger partial charge on any atom is -0.380 e. The number of benzene rings is 1. The lowest BCUT2D eigenvalue weighted by atomic mass is 10.0. The molecule has 3 aliphatic rings. The van der Waals surface area contributed by atoms with Crippen molar-refractivity contribution in [2.75, 3.05) is 20.2 Å². The van der Waals surface area contributed by atoms with E-state index in [9.17, 15) is 14.4 Å². The predicted octanol–water partition coefficient (Wildman–Crippen LogP) is -0.0859. The van der Waals surface area contributed by atoms with Crippen LogP contribution in [0.1, 0.15) is 40.7 Å². The lowest BCUT2D eigenvalue weighted by Crippen LogP contribution is -2.52. The Balaban J connectivity index is 1.35. The van der Waals surface area contributed by atoms with Gasteiger partial charge in [0.05, 0.1) is 6.10 Å². The number of fused-ring (bicyclic) bond motifs is 1. The Morgan fingerprint density at radius 1 is 1.29 bits per heavy atom. The van der Waals surface area contributed by atoms with Crippen molar-refractivity contribution in [2.45, 2.75) is 50.5 Å². The monoisotopic (exact) mass is 386 g/mol. The molecule has 3 heterocycles. The quantitative estimate of drug-likeness (QED) is 0.591. The highest BCUT2D eigenvalue weighted by atomic mass is 16.5. The van der Waals surface area contributed by atoms with Gasteiger partial charge in [-0.15, -0.1) is 0 Å². The molecule has 3 aliphatic heterocycles. The van der Waals surface area contributed by atoms with Gasteiger partial charge in [0.25, 0.3) is 5.91 Å². The third kappa shape index (κ3) is 3.80. The van der Waals surface area contributed by atoms with Crippen LogP contribution < -0.4 is 16.0 Å². The zero-order valence-corrected chi connectivity index (χ0v) is 16.0. The molecule has 8 nitrogen and oxygen atoms in total. The van der Waals surface area contributed by atoms with Crippen molar-refractivity contribution in [3.8, 4) is 0 Å². The van der Waals surface area contributed by atoms with E-state index in [0.717, 1.165) is 30.6 Å². The maximum absolute atomic E-state index is 12.8. The molecule has 0 aromatic heterocycles. The van der Waals surface area contributed by atoms with Crippen molar-refractivity contribution < 1.29 is 19.1 Å². The van der Waals surface area contributed by atoms with Gasteiger partial charge in [0, 0.05) is 51.3 Å². The van der Waals surface area contributed by atoms with E-state index in [0.29, 0.717) is 31.1 Å². The van der Waals surface area contributed by atoms with Gasteiger partial charge < -0.3 is 20.3 Å². The van der Waals surface area contributed by atoms with E-state index in [2.05, 4.69) is 16.0 Å². The predicted molar refractivity (Wildman–Crippen MR) is 101 cm³/mol. The zero-order valence-electron chi connectivity index (χ0n) is 16.0. The van der Waals surface area contributed by atoms with Crippen LogP contribution in [0.15, 0.2) is 18.2 Å². The van der Waals surface area contributed by atoms with E-state index in [1.165, 1.54) is 0 Å². The number of amides is 3. The molecular weight excluding hydrogens is 360 g/mol. The van der Waals surface area contributed by atoms with Crippen molar-refractivity contribution in [3.63, 3.8) is 0 Å². The Bertz CT molecular complexity index is 796. The maximum Gasteiger partial charge on any atom is 0.255 e. The van der Waals surface area contributed by atoms with Crippen molar-refractivity contribution in [3.05, 3.63) is 34.9 Å². The maximum atomic E-state index is 12.8. The molecule has 1 aromatic carbocycles. The molecule has 3 atom stereocenters. The number of hydrogen-bond donors (Lipinski definition) is 3. The summed E-state index contributed by atoms with van der Waals surface area (Å²) in [6.07, 6.45) is 1.93. The molecular formula is C20H26N4O4. The summed E-state index contributed by atoms with van der Waals surface area (Å²) in [5.41, 5.74) is 2.62. The summed E-state index contributed by atoms with van der Waals surface area (Å²) >= 11 is 0. The summed E-state index contributed by atoms with van der Waals surface area (Å²) in [7, 11) is 1.74. The Hall–Kier alpha value is -2.29. The molecule has 3 amide bonds. The zero-order chi connectivity index (χ0) is 19.7. The number of nitrogens with one attached hydrogen (secondary N) is 3. The van der Waals surface area contributed by atoms with Gasteiger partial charge in [-0.25, -0.2) is 0 Å². The van der Waals surface area contributed by atoms with E-state index < -0.39 is 6.04 Å². The standard InChI is InChI=1S/C20H26N4O4/c1-28-15-7-14(22-10-15)9-21-8-12-2-3-13-11-24(20(27)16(13)6-12)17-4-5-18(25)23-19(17)26/h2-3,6,14-15,17,21-22H,4-5,7-11H2,1H3,(H,23,25,26). The van der Waals surface area contributed by atoms with Crippen molar-refractivity contribution >= 4 is 17.7 Å². The summed E-state index contributed by atoms with van der Waals surface area (Å²) in [6.45, 7) is 2.81. The smallest absolute Gasteiger partial charge is 0.255 e. The largest absolute Gasteiger partial charge is 0.380 e. The highest BCUT2D eigenvalue weighted by molar-refractivity contribution is 6.05. The Morgan fingerprint density at radius 2 is 2.14 bits per heavy atom. The summed E-state index contributed by atoms with van der Waals surface area (Å²) in [4.78, 5) is 37.9. The van der Waals surface area contributed by atoms with Crippen LogP contribution in [-0.2, 0) is 27.4 Å². The SMILES string of the molecule is COC1CNC(CNCc2ccc3c(c2)C(=O)N(C2CCC(=O)NC2=O)C3)C1. The van der Waals surface area contributed by atoms with E-state index in [1.807, 2.05) is 18.2 Å².